The Hall–Kier alpha value is -2.20. The molecule has 0 fully saturated rings. The minimum absolute atomic E-state index is 0.0270. The number of aryl methyl sites for hydroxylation is 1. The number of ether oxygens (including phenoxy) is 1. The Balaban J connectivity index is 1.62. The van der Waals surface area contributed by atoms with E-state index >= 15 is 0 Å². The Bertz CT molecular complexity index is 597. The van der Waals surface area contributed by atoms with Gasteiger partial charge in [0, 0.05) is 24.9 Å². The highest BCUT2D eigenvalue weighted by Crippen LogP contribution is 2.11. The molecule has 0 aliphatic carbocycles. The highest BCUT2D eigenvalue weighted by Gasteiger charge is 2.09. The van der Waals surface area contributed by atoms with E-state index in [0.717, 1.165) is 23.2 Å². The molecule has 1 heterocycles. The molecule has 1 amide bonds. The lowest BCUT2D eigenvalue weighted by molar-refractivity contribution is -0.122. The van der Waals surface area contributed by atoms with Crippen molar-refractivity contribution in [2.24, 2.45) is 0 Å². The molecule has 2 rings (SSSR count). The molecule has 0 bridgehead atoms. The largest absolute Gasteiger partial charge is 0.377 e. The number of hydrogen-bond donors (Lipinski definition) is 1. The average Bonchev–Trinajstić information content (AvgIpc) is 2.56. The number of pyridine rings is 1. The highest BCUT2D eigenvalue weighted by molar-refractivity contribution is 5.76. The molecule has 1 atom stereocenters. The van der Waals surface area contributed by atoms with Gasteiger partial charge in [-0.3, -0.25) is 9.78 Å². The first-order valence-electron chi connectivity index (χ1n) is 7.99. The van der Waals surface area contributed by atoms with Gasteiger partial charge in [0.25, 0.3) is 0 Å². The summed E-state index contributed by atoms with van der Waals surface area (Å²) in [4.78, 5) is 16.2. The molecule has 2 aromatic rings. The van der Waals surface area contributed by atoms with Gasteiger partial charge in [0.1, 0.15) is 0 Å². The van der Waals surface area contributed by atoms with Crippen LogP contribution in [0.5, 0.6) is 0 Å². The summed E-state index contributed by atoms with van der Waals surface area (Å²) < 4.78 is 5.58. The number of carbonyl (C=O) groups is 1. The normalized spacial score (nSPS) is 11.9. The molecular weight excluding hydrogens is 288 g/mol. The zero-order valence-corrected chi connectivity index (χ0v) is 13.8. The Morgan fingerprint density at radius 1 is 1.22 bits per heavy atom. The van der Waals surface area contributed by atoms with Crippen molar-refractivity contribution in [2.45, 2.75) is 39.3 Å². The lowest BCUT2D eigenvalue weighted by atomic mass is 10.1. The SMILES string of the molecule is Cc1ccc([C@H](C)NC(=O)CCCOCc2ccccc2)cn1. The van der Waals surface area contributed by atoms with Crippen LogP contribution >= 0.6 is 0 Å². The van der Waals surface area contributed by atoms with Crippen molar-refractivity contribution >= 4 is 5.91 Å². The number of rotatable bonds is 8. The average molecular weight is 312 g/mol. The van der Waals surface area contributed by atoms with Gasteiger partial charge in [-0.05, 0) is 37.5 Å². The van der Waals surface area contributed by atoms with Crippen molar-refractivity contribution in [3.05, 3.63) is 65.5 Å². The predicted molar refractivity (Wildman–Crippen MR) is 90.9 cm³/mol. The molecule has 4 nitrogen and oxygen atoms in total. The van der Waals surface area contributed by atoms with Crippen LogP contribution in [-0.2, 0) is 16.1 Å². The van der Waals surface area contributed by atoms with Crippen LogP contribution in [0.15, 0.2) is 48.7 Å². The van der Waals surface area contributed by atoms with E-state index in [1.165, 1.54) is 0 Å². The minimum atomic E-state index is -0.0270. The van der Waals surface area contributed by atoms with E-state index in [-0.39, 0.29) is 11.9 Å². The van der Waals surface area contributed by atoms with Crippen molar-refractivity contribution in [3.8, 4) is 0 Å². The van der Waals surface area contributed by atoms with Gasteiger partial charge in [0.15, 0.2) is 0 Å². The first-order valence-corrected chi connectivity index (χ1v) is 7.99. The third kappa shape index (κ3) is 6.20. The van der Waals surface area contributed by atoms with E-state index in [9.17, 15) is 4.79 Å². The van der Waals surface area contributed by atoms with Crippen LogP contribution in [0.3, 0.4) is 0 Å². The van der Waals surface area contributed by atoms with Gasteiger partial charge in [-0.25, -0.2) is 0 Å². The van der Waals surface area contributed by atoms with E-state index in [1.807, 2.05) is 62.5 Å². The van der Waals surface area contributed by atoms with Crippen molar-refractivity contribution in [1.29, 1.82) is 0 Å². The van der Waals surface area contributed by atoms with Crippen LogP contribution in [-0.4, -0.2) is 17.5 Å². The van der Waals surface area contributed by atoms with Gasteiger partial charge in [-0.15, -0.1) is 0 Å². The van der Waals surface area contributed by atoms with E-state index < -0.39 is 0 Å². The second kappa shape index (κ2) is 9.06. The first-order chi connectivity index (χ1) is 11.1. The Kier molecular flexibility index (Phi) is 6.76. The summed E-state index contributed by atoms with van der Waals surface area (Å²) >= 11 is 0. The molecule has 0 saturated heterocycles. The smallest absolute Gasteiger partial charge is 0.220 e. The maximum atomic E-state index is 11.9. The molecule has 0 aliphatic rings. The van der Waals surface area contributed by atoms with Gasteiger partial charge in [-0.2, -0.15) is 0 Å². The molecule has 1 N–H and O–H groups in total. The quantitative estimate of drug-likeness (QED) is 0.758. The summed E-state index contributed by atoms with van der Waals surface area (Å²) in [6.45, 7) is 5.09. The van der Waals surface area contributed by atoms with Crippen LogP contribution in [0.1, 0.15) is 42.6 Å². The summed E-state index contributed by atoms with van der Waals surface area (Å²) in [5.41, 5.74) is 3.14. The fraction of sp³-hybridized carbons (Fsp3) is 0.368. The molecule has 0 saturated carbocycles. The summed E-state index contributed by atoms with van der Waals surface area (Å²) in [6.07, 6.45) is 3.00. The molecular formula is C19H24N2O2. The predicted octanol–water partition coefficient (Wildman–Crippen LogP) is 3.56. The van der Waals surface area contributed by atoms with Gasteiger partial charge < -0.3 is 10.1 Å². The lowest BCUT2D eigenvalue weighted by Gasteiger charge is -2.14. The zero-order chi connectivity index (χ0) is 16.5. The molecule has 0 aliphatic heterocycles. The first kappa shape index (κ1) is 17.2. The number of aromatic nitrogens is 1. The molecule has 0 radical (unpaired) electrons. The third-order valence-electron chi connectivity index (χ3n) is 3.62. The fourth-order valence-corrected chi connectivity index (χ4v) is 2.23. The highest BCUT2D eigenvalue weighted by atomic mass is 16.5. The van der Waals surface area contributed by atoms with Crippen molar-refractivity contribution in [3.63, 3.8) is 0 Å². The topological polar surface area (TPSA) is 51.2 Å². The monoisotopic (exact) mass is 312 g/mol. The standard InChI is InChI=1S/C19H24N2O2/c1-15-10-11-18(13-20-15)16(2)21-19(22)9-6-12-23-14-17-7-4-3-5-8-17/h3-5,7-8,10-11,13,16H,6,9,12,14H2,1-2H3,(H,21,22)/t16-/m0/s1. The van der Waals surface area contributed by atoms with Crippen LogP contribution in [0.4, 0.5) is 0 Å². The Labute approximate surface area is 137 Å². The number of nitrogens with one attached hydrogen (secondary N) is 1. The molecule has 122 valence electrons. The number of nitrogens with zero attached hydrogens (tertiary/aromatic N) is 1. The lowest BCUT2D eigenvalue weighted by Crippen LogP contribution is -2.26. The van der Waals surface area contributed by atoms with E-state index in [1.54, 1.807) is 0 Å². The second-order valence-electron chi connectivity index (χ2n) is 5.66. The van der Waals surface area contributed by atoms with E-state index in [0.29, 0.717) is 19.6 Å². The summed E-state index contributed by atoms with van der Waals surface area (Å²) in [7, 11) is 0. The second-order valence-corrected chi connectivity index (χ2v) is 5.66. The van der Waals surface area contributed by atoms with Crippen molar-refractivity contribution < 1.29 is 9.53 Å². The zero-order valence-electron chi connectivity index (χ0n) is 13.8. The van der Waals surface area contributed by atoms with Crippen LogP contribution in [0, 0.1) is 6.92 Å². The van der Waals surface area contributed by atoms with Crippen LogP contribution in [0.25, 0.3) is 0 Å². The third-order valence-corrected chi connectivity index (χ3v) is 3.62. The van der Waals surface area contributed by atoms with Crippen molar-refractivity contribution in [2.75, 3.05) is 6.61 Å². The molecule has 1 aromatic carbocycles. The number of hydrogen-bond acceptors (Lipinski definition) is 3. The van der Waals surface area contributed by atoms with Gasteiger partial charge in [-0.1, -0.05) is 36.4 Å². The fourth-order valence-electron chi connectivity index (χ4n) is 2.23. The van der Waals surface area contributed by atoms with E-state index in [4.69, 9.17) is 4.74 Å². The van der Waals surface area contributed by atoms with Crippen molar-refractivity contribution in [1.82, 2.24) is 10.3 Å². The van der Waals surface area contributed by atoms with Crippen LogP contribution in [0.2, 0.25) is 0 Å². The molecule has 0 unspecified atom stereocenters. The number of benzene rings is 1. The summed E-state index contributed by atoms with van der Waals surface area (Å²) in [5.74, 6) is 0.0430. The molecule has 1 aromatic heterocycles. The van der Waals surface area contributed by atoms with Crippen LogP contribution < -0.4 is 5.32 Å². The molecule has 0 spiro atoms. The van der Waals surface area contributed by atoms with Gasteiger partial charge in [0.05, 0.1) is 12.6 Å². The van der Waals surface area contributed by atoms with Gasteiger partial charge >= 0.3 is 0 Å². The number of carbonyl (C=O) groups excluding carboxylic acids is 1. The summed E-state index contributed by atoms with van der Waals surface area (Å²) in [6, 6.07) is 14.0. The summed E-state index contributed by atoms with van der Waals surface area (Å²) in [5, 5.41) is 2.99. The molecule has 23 heavy (non-hydrogen) atoms. The Morgan fingerprint density at radius 2 is 2.00 bits per heavy atom. The Morgan fingerprint density at radius 3 is 2.70 bits per heavy atom. The maximum Gasteiger partial charge on any atom is 0.220 e. The van der Waals surface area contributed by atoms with Gasteiger partial charge in [0.2, 0.25) is 5.91 Å². The van der Waals surface area contributed by atoms with E-state index in [2.05, 4.69) is 10.3 Å². The molecule has 4 heteroatoms. The number of amides is 1. The maximum absolute atomic E-state index is 11.9. The minimum Gasteiger partial charge on any atom is -0.377 e.